The Morgan fingerprint density at radius 2 is 1.35 bits per heavy atom. The minimum Gasteiger partial charge on any atom is -0.500 e. The normalized spacial score (nSPS) is 11.9. The number of pyridine rings is 2. The fraction of sp³-hybridized carbons (Fsp3) is 0.261. The van der Waals surface area contributed by atoms with Crippen molar-refractivity contribution in [2.75, 3.05) is 0 Å². The predicted octanol–water partition coefficient (Wildman–Crippen LogP) is 11.8. The molecule has 1 radical (unpaired) electrons. The van der Waals surface area contributed by atoms with Crippen LogP contribution < -0.4 is 5.19 Å². The summed E-state index contributed by atoms with van der Waals surface area (Å²) in [6, 6.07) is 42.5. The van der Waals surface area contributed by atoms with E-state index in [9.17, 15) is 0 Å². The summed E-state index contributed by atoms with van der Waals surface area (Å²) in [5.74, 6) is 0. The van der Waals surface area contributed by atoms with Gasteiger partial charge in [-0.15, -0.1) is 59.2 Å². The zero-order valence-corrected chi connectivity index (χ0v) is 34.7. The van der Waals surface area contributed by atoms with Crippen molar-refractivity contribution in [2.24, 2.45) is 5.41 Å². The van der Waals surface area contributed by atoms with E-state index >= 15 is 0 Å². The van der Waals surface area contributed by atoms with Gasteiger partial charge in [0.25, 0.3) is 0 Å². The SMILES string of the molecule is CC(C)(C)Cc1ccnc(-c2[c-]cc3oc4ccccc4c3c2)c1.Cc1cc(-c2[c-]cc(C(C)(C)c3ccccc3)cc2)ncc1[Si](C)(C)C.[Ir]. The second kappa shape index (κ2) is 15.2. The first kappa shape index (κ1) is 38.1. The fourth-order valence-electron chi connectivity index (χ4n) is 6.64. The van der Waals surface area contributed by atoms with E-state index in [1.165, 1.54) is 27.4 Å². The topological polar surface area (TPSA) is 38.9 Å². The molecule has 0 aliphatic heterocycles. The van der Waals surface area contributed by atoms with Crippen molar-refractivity contribution >= 4 is 35.2 Å². The number of aromatic nitrogens is 2. The molecule has 4 aromatic carbocycles. The van der Waals surface area contributed by atoms with Gasteiger partial charge in [-0.25, -0.2) is 0 Å². The molecule has 7 rings (SSSR count). The van der Waals surface area contributed by atoms with E-state index in [0.717, 1.165) is 50.9 Å². The monoisotopic (exact) mass is 865 g/mol. The summed E-state index contributed by atoms with van der Waals surface area (Å²) in [6.45, 7) is 20.6. The Labute approximate surface area is 319 Å². The number of hydrogen-bond donors (Lipinski definition) is 0. The molecule has 0 saturated carbocycles. The number of furan rings is 1. The van der Waals surface area contributed by atoms with Crippen molar-refractivity contribution in [3.63, 3.8) is 0 Å². The second-order valence-corrected chi connectivity index (χ2v) is 21.2. The Bertz CT molecular complexity index is 2240. The molecule has 0 aliphatic rings. The summed E-state index contributed by atoms with van der Waals surface area (Å²) in [4.78, 5) is 9.28. The quantitative estimate of drug-likeness (QED) is 0.123. The summed E-state index contributed by atoms with van der Waals surface area (Å²) < 4.78 is 5.88. The van der Waals surface area contributed by atoms with Crippen LogP contribution in [0.15, 0.2) is 120 Å². The molecule has 51 heavy (non-hydrogen) atoms. The number of fused-ring (bicyclic) bond motifs is 3. The molecule has 0 bridgehead atoms. The third-order valence-corrected chi connectivity index (χ3v) is 11.5. The maximum Gasteiger partial charge on any atom is 0.120 e. The van der Waals surface area contributed by atoms with Crippen molar-refractivity contribution in [3.8, 4) is 22.5 Å². The minimum atomic E-state index is -1.35. The average Bonchev–Trinajstić information content (AvgIpc) is 3.46. The summed E-state index contributed by atoms with van der Waals surface area (Å²) in [7, 11) is -1.35. The van der Waals surface area contributed by atoms with Crippen molar-refractivity contribution in [2.45, 2.75) is 73.0 Å². The van der Waals surface area contributed by atoms with Gasteiger partial charge in [-0.2, -0.15) is 0 Å². The number of rotatable bonds is 6. The molecule has 3 aromatic heterocycles. The molecule has 0 saturated heterocycles. The molecule has 3 nitrogen and oxygen atoms in total. The van der Waals surface area contributed by atoms with Crippen LogP contribution in [0.25, 0.3) is 44.5 Å². The molecule has 263 valence electrons. The number of hydrogen-bond acceptors (Lipinski definition) is 3. The van der Waals surface area contributed by atoms with Gasteiger partial charge >= 0.3 is 0 Å². The van der Waals surface area contributed by atoms with Gasteiger partial charge in [-0.1, -0.05) is 131 Å². The number of aryl methyl sites for hydroxylation is 1. The predicted molar refractivity (Wildman–Crippen MR) is 214 cm³/mol. The minimum absolute atomic E-state index is 0. The van der Waals surface area contributed by atoms with E-state index in [4.69, 9.17) is 9.40 Å². The van der Waals surface area contributed by atoms with Crippen molar-refractivity contribution in [3.05, 3.63) is 150 Å². The largest absolute Gasteiger partial charge is 0.500 e. The number of nitrogens with zero attached hydrogens (tertiary/aromatic N) is 2. The van der Waals surface area contributed by atoms with Gasteiger partial charge < -0.3 is 14.4 Å². The smallest absolute Gasteiger partial charge is 0.120 e. The van der Waals surface area contributed by atoms with Crippen LogP contribution in [-0.2, 0) is 31.9 Å². The van der Waals surface area contributed by atoms with Crippen molar-refractivity contribution in [1.29, 1.82) is 0 Å². The van der Waals surface area contributed by atoms with E-state index in [1.54, 1.807) is 0 Å². The molecular formula is C46H48IrN2OSi-2. The molecule has 0 N–H and O–H groups in total. The van der Waals surface area contributed by atoms with Crippen LogP contribution in [0.1, 0.15) is 56.9 Å². The van der Waals surface area contributed by atoms with Crippen LogP contribution in [-0.4, -0.2) is 18.0 Å². The Morgan fingerprint density at radius 1 is 0.667 bits per heavy atom. The Morgan fingerprint density at radius 3 is 2.02 bits per heavy atom. The van der Waals surface area contributed by atoms with Gasteiger partial charge in [0.2, 0.25) is 0 Å². The number of benzene rings is 4. The molecular weight excluding hydrogens is 817 g/mol. The maximum atomic E-state index is 5.88. The van der Waals surface area contributed by atoms with Gasteiger partial charge in [0.15, 0.2) is 0 Å². The zero-order valence-electron chi connectivity index (χ0n) is 31.3. The van der Waals surface area contributed by atoms with E-state index in [0.29, 0.717) is 0 Å². The van der Waals surface area contributed by atoms with Crippen molar-refractivity contribution < 1.29 is 24.5 Å². The first-order valence-corrected chi connectivity index (χ1v) is 21.0. The van der Waals surface area contributed by atoms with Crippen LogP contribution >= 0.6 is 0 Å². The van der Waals surface area contributed by atoms with E-state index in [1.807, 2.05) is 30.5 Å². The van der Waals surface area contributed by atoms with Gasteiger partial charge in [0.05, 0.1) is 13.7 Å². The molecule has 0 spiro atoms. The van der Waals surface area contributed by atoms with Crippen LogP contribution in [0, 0.1) is 24.5 Å². The van der Waals surface area contributed by atoms with Gasteiger partial charge in [0.1, 0.15) is 5.58 Å². The summed E-state index contributed by atoms with van der Waals surface area (Å²) in [5, 5.41) is 3.68. The van der Waals surface area contributed by atoms with Gasteiger partial charge in [0, 0.05) is 37.9 Å². The molecule has 3 heterocycles. The van der Waals surface area contributed by atoms with E-state index in [-0.39, 0.29) is 30.9 Å². The van der Waals surface area contributed by atoms with Gasteiger partial charge in [-0.05, 0) is 58.4 Å². The van der Waals surface area contributed by atoms with Gasteiger partial charge in [-0.3, -0.25) is 0 Å². The molecule has 5 heteroatoms. The summed E-state index contributed by atoms with van der Waals surface area (Å²) in [5.41, 5.74) is 11.3. The average molecular weight is 865 g/mol. The fourth-order valence-corrected chi connectivity index (χ4v) is 8.35. The molecule has 0 fully saturated rings. The Hall–Kier alpha value is -4.15. The number of para-hydroxylation sites is 1. The van der Waals surface area contributed by atoms with Crippen LogP contribution in [0.3, 0.4) is 0 Å². The van der Waals surface area contributed by atoms with Crippen LogP contribution in [0.5, 0.6) is 0 Å². The third kappa shape index (κ3) is 8.84. The molecule has 0 atom stereocenters. The first-order chi connectivity index (χ1) is 23.7. The maximum absolute atomic E-state index is 5.88. The van der Waals surface area contributed by atoms with Crippen LogP contribution in [0.2, 0.25) is 19.6 Å². The zero-order chi connectivity index (χ0) is 35.7. The third-order valence-electron chi connectivity index (χ3n) is 9.37. The van der Waals surface area contributed by atoms with Crippen LogP contribution in [0.4, 0.5) is 0 Å². The summed E-state index contributed by atoms with van der Waals surface area (Å²) >= 11 is 0. The molecule has 0 aliphatic carbocycles. The van der Waals surface area contributed by atoms with E-state index < -0.39 is 8.07 Å². The Kier molecular flexibility index (Phi) is 11.4. The summed E-state index contributed by atoms with van der Waals surface area (Å²) in [6.07, 6.45) is 4.99. The second-order valence-electron chi connectivity index (χ2n) is 16.1. The Balaban J connectivity index is 0.000000194. The van der Waals surface area contributed by atoms with E-state index in [2.05, 4.69) is 163 Å². The first-order valence-electron chi connectivity index (χ1n) is 17.5. The molecule has 0 amide bonds. The molecule has 0 unspecified atom stereocenters. The van der Waals surface area contributed by atoms with Crippen molar-refractivity contribution in [1.82, 2.24) is 9.97 Å². The molecule has 7 aromatic rings. The standard InChI is InChI=1S/C24H28NSi.C22H20NO.Ir/c1-18-16-22(25-17-23(18)26(4,5)6)19-12-14-21(15-13-19)24(2,3)20-10-8-7-9-11-20;1-22(2,3)14-15-10-11-23-19(12-15)16-8-9-21-18(13-16)17-6-4-5-7-20(17)24-21;/h7-12,14-17H,1-6H3;4-7,9-13H,14H2,1-3H3;/q2*-1;.